The highest BCUT2D eigenvalue weighted by Gasteiger charge is 2.06. The molecule has 2 rings (SSSR count). The molecule has 2 aromatic rings. The molecule has 116 valence electrons. The van der Waals surface area contributed by atoms with E-state index < -0.39 is 0 Å². The maximum absolute atomic E-state index is 13.4. The number of benzene rings is 2. The highest BCUT2D eigenvalue weighted by molar-refractivity contribution is 9.10. The van der Waals surface area contributed by atoms with Gasteiger partial charge in [0.25, 0.3) is 0 Å². The molecule has 0 aliphatic carbocycles. The van der Waals surface area contributed by atoms with Crippen molar-refractivity contribution in [1.29, 1.82) is 0 Å². The molecule has 2 N–H and O–H groups in total. The SMILES string of the molecule is Cc1ccc(NC(=O)CNCCc2ccccc2F)c(Br)c1. The summed E-state index contributed by atoms with van der Waals surface area (Å²) in [5, 5.41) is 5.84. The lowest BCUT2D eigenvalue weighted by Gasteiger charge is -2.09. The molecule has 0 aromatic heterocycles. The van der Waals surface area contributed by atoms with Gasteiger partial charge in [0.05, 0.1) is 12.2 Å². The van der Waals surface area contributed by atoms with Gasteiger partial charge in [-0.05, 0) is 65.1 Å². The number of carbonyl (C=O) groups excluding carboxylic acids is 1. The molecule has 2 aromatic carbocycles. The minimum atomic E-state index is -0.211. The Kier molecular flexibility index (Phi) is 6.10. The quantitative estimate of drug-likeness (QED) is 0.767. The first kappa shape index (κ1) is 16.6. The molecule has 5 heteroatoms. The summed E-state index contributed by atoms with van der Waals surface area (Å²) in [7, 11) is 0. The number of hydrogen-bond donors (Lipinski definition) is 2. The van der Waals surface area contributed by atoms with E-state index in [1.54, 1.807) is 18.2 Å². The number of carbonyl (C=O) groups is 1. The van der Waals surface area contributed by atoms with Crippen LogP contribution in [0.5, 0.6) is 0 Å². The van der Waals surface area contributed by atoms with Gasteiger partial charge in [-0.25, -0.2) is 4.39 Å². The lowest BCUT2D eigenvalue weighted by atomic mass is 10.1. The van der Waals surface area contributed by atoms with Crippen LogP contribution < -0.4 is 10.6 Å². The minimum Gasteiger partial charge on any atom is -0.324 e. The number of nitrogens with one attached hydrogen (secondary N) is 2. The summed E-state index contributed by atoms with van der Waals surface area (Å²) >= 11 is 3.42. The van der Waals surface area contributed by atoms with Gasteiger partial charge in [0, 0.05) is 4.47 Å². The van der Waals surface area contributed by atoms with Crippen molar-refractivity contribution in [2.75, 3.05) is 18.4 Å². The third kappa shape index (κ3) is 4.93. The third-order valence-electron chi connectivity index (χ3n) is 3.21. The molecule has 0 saturated carbocycles. The molecule has 0 radical (unpaired) electrons. The highest BCUT2D eigenvalue weighted by atomic mass is 79.9. The molecule has 1 amide bonds. The van der Waals surface area contributed by atoms with Gasteiger partial charge < -0.3 is 10.6 Å². The zero-order valence-electron chi connectivity index (χ0n) is 12.3. The molecule has 0 fully saturated rings. The monoisotopic (exact) mass is 364 g/mol. The average Bonchev–Trinajstić information content (AvgIpc) is 2.48. The normalized spacial score (nSPS) is 10.5. The Labute approximate surface area is 138 Å². The van der Waals surface area contributed by atoms with Gasteiger partial charge in [0.15, 0.2) is 0 Å². The van der Waals surface area contributed by atoms with Gasteiger partial charge in [-0.3, -0.25) is 4.79 Å². The van der Waals surface area contributed by atoms with Crippen LogP contribution in [0.3, 0.4) is 0 Å². The molecule has 0 saturated heterocycles. The Morgan fingerprint density at radius 3 is 2.73 bits per heavy atom. The van der Waals surface area contributed by atoms with Crippen molar-refractivity contribution >= 4 is 27.5 Å². The summed E-state index contributed by atoms with van der Waals surface area (Å²) in [5.74, 6) is -0.338. The Bertz CT molecular complexity index is 661. The van der Waals surface area contributed by atoms with Crippen molar-refractivity contribution in [3.05, 3.63) is 63.9 Å². The van der Waals surface area contributed by atoms with Crippen LogP contribution in [0.2, 0.25) is 0 Å². The van der Waals surface area contributed by atoms with Crippen molar-refractivity contribution in [2.24, 2.45) is 0 Å². The Morgan fingerprint density at radius 2 is 2.00 bits per heavy atom. The smallest absolute Gasteiger partial charge is 0.238 e. The third-order valence-corrected chi connectivity index (χ3v) is 3.87. The van der Waals surface area contributed by atoms with Crippen molar-refractivity contribution in [3.63, 3.8) is 0 Å². The van der Waals surface area contributed by atoms with E-state index in [4.69, 9.17) is 0 Å². The summed E-state index contributed by atoms with van der Waals surface area (Å²) in [6.07, 6.45) is 0.550. The molecular formula is C17H18BrFN2O. The van der Waals surface area contributed by atoms with E-state index in [1.165, 1.54) is 6.07 Å². The lowest BCUT2D eigenvalue weighted by Crippen LogP contribution is -2.29. The zero-order valence-corrected chi connectivity index (χ0v) is 13.9. The van der Waals surface area contributed by atoms with Crippen molar-refractivity contribution in [3.8, 4) is 0 Å². The van der Waals surface area contributed by atoms with E-state index in [2.05, 4.69) is 26.6 Å². The minimum absolute atomic E-state index is 0.127. The number of aryl methyl sites for hydroxylation is 1. The van der Waals surface area contributed by atoms with E-state index in [0.717, 1.165) is 15.7 Å². The molecule has 0 bridgehead atoms. The topological polar surface area (TPSA) is 41.1 Å². The van der Waals surface area contributed by atoms with E-state index in [9.17, 15) is 9.18 Å². The fourth-order valence-corrected chi connectivity index (χ4v) is 2.63. The maximum Gasteiger partial charge on any atom is 0.238 e. The molecule has 0 aliphatic heterocycles. The summed E-state index contributed by atoms with van der Waals surface area (Å²) in [4.78, 5) is 11.9. The predicted molar refractivity (Wildman–Crippen MR) is 90.5 cm³/mol. The second-order valence-electron chi connectivity index (χ2n) is 5.05. The van der Waals surface area contributed by atoms with E-state index in [0.29, 0.717) is 18.5 Å². The van der Waals surface area contributed by atoms with Gasteiger partial charge in [-0.2, -0.15) is 0 Å². The molecular weight excluding hydrogens is 347 g/mol. The molecule has 0 aliphatic rings. The Morgan fingerprint density at radius 1 is 1.23 bits per heavy atom. The van der Waals surface area contributed by atoms with E-state index in [-0.39, 0.29) is 18.3 Å². The van der Waals surface area contributed by atoms with Gasteiger partial charge in [0.2, 0.25) is 5.91 Å². The van der Waals surface area contributed by atoms with Crippen LogP contribution in [-0.4, -0.2) is 19.0 Å². The molecule has 22 heavy (non-hydrogen) atoms. The summed E-state index contributed by atoms with van der Waals surface area (Å²) in [5.41, 5.74) is 2.51. The first-order chi connectivity index (χ1) is 10.6. The van der Waals surface area contributed by atoms with Crippen LogP contribution in [0.25, 0.3) is 0 Å². The first-order valence-corrected chi connectivity index (χ1v) is 7.85. The van der Waals surface area contributed by atoms with E-state index in [1.807, 2.05) is 25.1 Å². The second kappa shape index (κ2) is 8.06. The average molecular weight is 365 g/mol. The number of anilines is 1. The zero-order chi connectivity index (χ0) is 15.9. The number of amides is 1. The Hall–Kier alpha value is -1.72. The van der Waals surface area contributed by atoms with Crippen LogP contribution in [0, 0.1) is 12.7 Å². The number of halogens is 2. The van der Waals surface area contributed by atoms with Crippen LogP contribution in [0.1, 0.15) is 11.1 Å². The van der Waals surface area contributed by atoms with Crippen LogP contribution >= 0.6 is 15.9 Å². The van der Waals surface area contributed by atoms with E-state index >= 15 is 0 Å². The molecule has 0 atom stereocenters. The molecule has 0 unspecified atom stereocenters. The predicted octanol–water partition coefficient (Wildman–Crippen LogP) is 3.67. The molecule has 0 spiro atoms. The highest BCUT2D eigenvalue weighted by Crippen LogP contribution is 2.23. The summed E-state index contributed by atoms with van der Waals surface area (Å²) in [6, 6.07) is 12.4. The van der Waals surface area contributed by atoms with Crippen LogP contribution in [0.15, 0.2) is 46.9 Å². The van der Waals surface area contributed by atoms with Gasteiger partial charge in [-0.15, -0.1) is 0 Å². The van der Waals surface area contributed by atoms with Crippen LogP contribution in [-0.2, 0) is 11.2 Å². The standard InChI is InChI=1S/C17H18BrFN2O/c1-12-6-7-16(14(18)10-12)21-17(22)11-20-9-8-13-4-2-3-5-15(13)19/h2-7,10,20H,8-9,11H2,1H3,(H,21,22). The van der Waals surface area contributed by atoms with Gasteiger partial charge >= 0.3 is 0 Å². The number of hydrogen-bond acceptors (Lipinski definition) is 2. The second-order valence-corrected chi connectivity index (χ2v) is 5.90. The fraction of sp³-hybridized carbons (Fsp3) is 0.235. The largest absolute Gasteiger partial charge is 0.324 e. The summed E-state index contributed by atoms with van der Waals surface area (Å²) in [6.45, 7) is 2.72. The van der Waals surface area contributed by atoms with Gasteiger partial charge in [0.1, 0.15) is 5.82 Å². The number of rotatable bonds is 6. The van der Waals surface area contributed by atoms with Crippen molar-refractivity contribution < 1.29 is 9.18 Å². The lowest BCUT2D eigenvalue weighted by molar-refractivity contribution is -0.115. The van der Waals surface area contributed by atoms with Gasteiger partial charge in [-0.1, -0.05) is 24.3 Å². The molecule has 3 nitrogen and oxygen atoms in total. The first-order valence-electron chi connectivity index (χ1n) is 7.06. The Balaban J connectivity index is 1.75. The maximum atomic E-state index is 13.4. The van der Waals surface area contributed by atoms with Crippen LogP contribution in [0.4, 0.5) is 10.1 Å². The molecule has 0 heterocycles. The van der Waals surface area contributed by atoms with Crippen molar-refractivity contribution in [2.45, 2.75) is 13.3 Å². The summed E-state index contributed by atoms with van der Waals surface area (Å²) < 4.78 is 14.3. The van der Waals surface area contributed by atoms with Crippen molar-refractivity contribution in [1.82, 2.24) is 5.32 Å². The fourth-order valence-electron chi connectivity index (χ4n) is 2.04.